The van der Waals surface area contributed by atoms with Gasteiger partial charge in [0.15, 0.2) is 11.6 Å². The number of rotatable bonds is 4. The zero-order chi connectivity index (χ0) is 19.1. The molecule has 0 aromatic heterocycles. The standard InChI is InChI=1S/C19H15F3INO2/c1-2-19(26)9-24(10-19)18(25)13-5-6-15(20)17(22)14(13)7-11-3-4-12(23)8-16(11)21/h2-6,8,26H,1,7,9-10H2. The first kappa shape index (κ1) is 18.9. The molecule has 1 saturated heterocycles. The van der Waals surface area contributed by atoms with Crippen LogP contribution >= 0.6 is 22.6 Å². The minimum Gasteiger partial charge on any atom is -0.382 e. The van der Waals surface area contributed by atoms with E-state index in [2.05, 4.69) is 6.58 Å². The molecule has 0 radical (unpaired) electrons. The molecular weight excluding hydrogens is 458 g/mol. The monoisotopic (exact) mass is 473 g/mol. The summed E-state index contributed by atoms with van der Waals surface area (Å²) in [7, 11) is 0. The van der Waals surface area contributed by atoms with Crippen LogP contribution in [0.4, 0.5) is 13.2 Å². The molecular formula is C19H15F3INO2. The summed E-state index contributed by atoms with van der Waals surface area (Å²) in [5.74, 6) is -3.37. The average Bonchev–Trinajstić information content (AvgIpc) is 2.57. The molecule has 1 fully saturated rings. The molecule has 0 bridgehead atoms. The highest BCUT2D eigenvalue weighted by Crippen LogP contribution is 2.28. The predicted molar refractivity (Wildman–Crippen MR) is 99.3 cm³/mol. The molecule has 7 heteroatoms. The van der Waals surface area contributed by atoms with E-state index in [1.807, 2.05) is 22.6 Å². The van der Waals surface area contributed by atoms with Crippen molar-refractivity contribution in [2.24, 2.45) is 0 Å². The number of amides is 1. The van der Waals surface area contributed by atoms with Crippen molar-refractivity contribution >= 4 is 28.5 Å². The Labute approximate surface area is 162 Å². The summed E-state index contributed by atoms with van der Waals surface area (Å²) in [6.07, 6.45) is 1.08. The number of halogens is 4. The van der Waals surface area contributed by atoms with E-state index in [9.17, 15) is 23.1 Å². The SMILES string of the molecule is C=CC1(O)CN(C(=O)c2ccc(F)c(F)c2Cc2ccc(I)cc2F)C1. The molecule has 2 aromatic rings. The first-order valence-corrected chi connectivity index (χ1v) is 8.88. The zero-order valence-corrected chi connectivity index (χ0v) is 15.8. The van der Waals surface area contributed by atoms with Crippen molar-refractivity contribution < 1.29 is 23.1 Å². The third-order valence-corrected chi connectivity index (χ3v) is 5.08. The minimum absolute atomic E-state index is 0.0195. The normalized spacial score (nSPS) is 15.5. The fraction of sp³-hybridized carbons (Fsp3) is 0.211. The predicted octanol–water partition coefficient (Wildman–Crippen LogP) is 3.67. The summed E-state index contributed by atoms with van der Waals surface area (Å²) in [6.45, 7) is 3.54. The highest BCUT2D eigenvalue weighted by Gasteiger charge is 2.42. The van der Waals surface area contributed by atoms with Crippen molar-refractivity contribution in [1.29, 1.82) is 0 Å². The third-order valence-electron chi connectivity index (χ3n) is 4.41. The maximum atomic E-state index is 14.4. The lowest BCUT2D eigenvalue weighted by atomic mass is 9.91. The molecule has 3 nitrogen and oxygen atoms in total. The Hall–Kier alpha value is -1.87. The second kappa shape index (κ2) is 7.03. The number of β-amino-alcohol motifs (C(OH)–C–C–N with tert-alkyl or cyclic N) is 1. The number of hydrogen-bond acceptors (Lipinski definition) is 2. The molecule has 0 unspecified atom stereocenters. The van der Waals surface area contributed by atoms with Gasteiger partial charge in [-0.05, 0) is 52.4 Å². The smallest absolute Gasteiger partial charge is 0.254 e. The van der Waals surface area contributed by atoms with Crippen LogP contribution < -0.4 is 0 Å². The Morgan fingerprint density at radius 1 is 1.23 bits per heavy atom. The maximum absolute atomic E-state index is 14.4. The van der Waals surface area contributed by atoms with Crippen molar-refractivity contribution in [3.05, 3.63) is 80.7 Å². The fourth-order valence-corrected chi connectivity index (χ4v) is 3.33. The molecule has 1 aliphatic rings. The molecule has 136 valence electrons. The van der Waals surface area contributed by atoms with Crippen molar-refractivity contribution in [3.8, 4) is 0 Å². The topological polar surface area (TPSA) is 40.5 Å². The van der Waals surface area contributed by atoms with E-state index in [4.69, 9.17) is 0 Å². The first-order chi connectivity index (χ1) is 12.2. The fourth-order valence-electron chi connectivity index (χ4n) is 2.88. The highest BCUT2D eigenvalue weighted by atomic mass is 127. The molecule has 0 atom stereocenters. The molecule has 1 aliphatic heterocycles. The Morgan fingerprint density at radius 3 is 2.54 bits per heavy atom. The van der Waals surface area contributed by atoms with Gasteiger partial charge in [0.2, 0.25) is 0 Å². The van der Waals surface area contributed by atoms with Crippen molar-refractivity contribution in [2.75, 3.05) is 13.1 Å². The van der Waals surface area contributed by atoms with Gasteiger partial charge in [-0.15, -0.1) is 6.58 Å². The van der Waals surface area contributed by atoms with Gasteiger partial charge in [0.25, 0.3) is 5.91 Å². The molecule has 0 saturated carbocycles. The van der Waals surface area contributed by atoms with Crippen molar-refractivity contribution in [2.45, 2.75) is 12.0 Å². The Morgan fingerprint density at radius 2 is 1.92 bits per heavy atom. The molecule has 1 N–H and O–H groups in total. The van der Waals surface area contributed by atoms with Gasteiger partial charge in [-0.1, -0.05) is 12.1 Å². The number of carbonyl (C=O) groups is 1. The van der Waals surface area contributed by atoms with Crippen molar-refractivity contribution in [1.82, 2.24) is 4.90 Å². The highest BCUT2D eigenvalue weighted by molar-refractivity contribution is 14.1. The van der Waals surface area contributed by atoms with Crippen LogP contribution in [0.2, 0.25) is 0 Å². The lowest BCUT2D eigenvalue weighted by molar-refractivity contribution is -0.0455. The van der Waals surface area contributed by atoms with E-state index < -0.39 is 29.0 Å². The van der Waals surface area contributed by atoms with E-state index >= 15 is 0 Å². The Kier molecular flexibility index (Phi) is 5.12. The Balaban J connectivity index is 1.95. The summed E-state index contributed by atoms with van der Waals surface area (Å²) in [6, 6.07) is 6.48. The van der Waals surface area contributed by atoms with Crippen LogP contribution in [0.25, 0.3) is 0 Å². The van der Waals surface area contributed by atoms with Gasteiger partial charge in [0.1, 0.15) is 11.4 Å². The van der Waals surface area contributed by atoms with Gasteiger partial charge in [0, 0.05) is 21.1 Å². The number of benzene rings is 2. The van der Waals surface area contributed by atoms with E-state index in [-0.39, 0.29) is 36.2 Å². The zero-order valence-electron chi connectivity index (χ0n) is 13.6. The molecule has 26 heavy (non-hydrogen) atoms. The van der Waals surface area contributed by atoms with Gasteiger partial charge in [-0.3, -0.25) is 4.79 Å². The van der Waals surface area contributed by atoms with E-state index in [1.165, 1.54) is 29.2 Å². The van der Waals surface area contributed by atoms with E-state index in [0.717, 1.165) is 6.07 Å². The number of carbonyl (C=O) groups excluding carboxylic acids is 1. The molecule has 3 rings (SSSR count). The van der Waals surface area contributed by atoms with Crippen LogP contribution in [-0.2, 0) is 6.42 Å². The molecule has 1 heterocycles. The lowest BCUT2D eigenvalue weighted by Crippen LogP contribution is -2.62. The van der Waals surface area contributed by atoms with Gasteiger partial charge in [0.05, 0.1) is 13.1 Å². The second-order valence-electron chi connectivity index (χ2n) is 6.27. The van der Waals surface area contributed by atoms with Gasteiger partial charge < -0.3 is 10.0 Å². The molecule has 0 aliphatic carbocycles. The van der Waals surface area contributed by atoms with Crippen LogP contribution in [0.3, 0.4) is 0 Å². The maximum Gasteiger partial charge on any atom is 0.254 e. The number of aliphatic hydroxyl groups is 1. The minimum atomic E-state index is -1.17. The van der Waals surface area contributed by atoms with Crippen LogP contribution in [-0.4, -0.2) is 34.6 Å². The molecule has 2 aromatic carbocycles. The average molecular weight is 473 g/mol. The second-order valence-corrected chi connectivity index (χ2v) is 7.51. The number of nitrogens with zero attached hydrogens (tertiary/aromatic N) is 1. The number of hydrogen-bond donors (Lipinski definition) is 1. The van der Waals surface area contributed by atoms with E-state index in [0.29, 0.717) is 3.57 Å². The van der Waals surface area contributed by atoms with Gasteiger partial charge in [-0.25, -0.2) is 13.2 Å². The van der Waals surface area contributed by atoms with Gasteiger partial charge in [-0.2, -0.15) is 0 Å². The summed E-state index contributed by atoms with van der Waals surface area (Å²) < 4.78 is 42.9. The van der Waals surface area contributed by atoms with E-state index in [1.54, 1.807) is 6.07 Å². The summed E-state index contributed by atoms with van der Waals surface area (Å²) in [4.78, 5) is 13.9. The third kappa shape index (κ3) is 3.50. The first-order valence-electron chi connectivity index (χ1n) is 7.80. The summed E-state index contributed by atoms with van der Waals surface area (Å²) >= 11 is 1.94. The van der Waals surface area contributed by atoms with Gasteiger partial charge >= 0.3 is 0 Å². The molecule has 0 spiro atoms. The van der Waals surface area contributed by atoms with Crippen molar-refractivity contribution in [3.63, 3.8) is 0 Å². The van der Waals surface area contributed by atoms with Crippen LogP contribution in [0.15, 0.2) is 43.0 Å². The lowest BCUT2D eigenvalue weighted by Gasteiger charge is -2.44. The quantitative estimate of drug-likeness (QED) is 0.544. The summed E-state index contributed by atoms with van der Waals surface area (Å²) in [5, 5.41) is 9.95. The molecule has 1 amide bonds. The number of likely N-dealkylation sites (tertiary alicyclic amines) is 1. The largest absolute Gasteiger partial charge is 0.382 e. The Bertz CT molecular complexity index is 895. The summed E-state index contributed by atoms with van der Waals surface area (Å²) in [5.41, 5.74) is -1.26. The van der Waals surface area contributed by atoms with Crippen LogP contribution in [0, 0.1) is 21.0 Å². The van der Waals surface area contributed by atoms with Crippen LogP contribution in [0.1, 0.15) is 21.5 Å². The van der Waals surface area contributed by atoms with Crippen LogP contribution in [0.5, 0.6) is 0 Å².